The molecule has 0 bridgehead atoms. The van der Waals surface area contributed by atoms with Crippen LogP contribution in [0.15, 0.2) is 65.4 Å². The summed E-state index contributed by atoms with van der Waals surface area (Å²) in [5.41, 5.74) is 2.00. The van der Waals surface area contributed by atoms with Crippen molar-refractivity contribution in [1.82, 2.24) is 20.4 Å². The standard InChI is InChI=1S/C17H18N4O2/c22-17(19-12-16-7-4-10-23-16)18-11-15-8-9-21(20-15)13-14-5-2-1-3-6-14/h1-10H,11-13H2,(H2,18,19,22). The molecule has 3 aromatic rings. The lowest BCUT2D eigenvalue weighted by molar-refractivity contribution is 0.239. The number of hydrogen-bond donors (Lipinski definition) is 2. The molecule has 0 radical (unpaired) electrons. The van der Waals surface area contributed by atoms with Crippen LogP contribution < -0.4 is 10.6 Å². The summed E-state index contributed by atoms with van der Waals surface area (Å²) in [5.74, 6) is 0.715. The zero-order valence-electron chi connectivity index (χ0n) is 12.6. The fourth-order valence-corrected chi connectivity index (χ4v) is 2.17. The summed E-state index contributed by atoms with van der Waals surface area (Å²) in [6, 6.07) is 15.4. The number of nitrogens with zero attached hydrogens (tertiary/aromatic N) is 2. The summed E-state index contributed by atoms with van der Waals surface area (Å²) in [4.78, 5) is 11.7. The van der Waals surface area contributed by atoms with Gasteiger partial charge in [0, 0.05) is 6.20 Å². The number of rotatable bonds is 6. The van der Waals surface area contributed by atoms with Gasteiger partial charge < -0.3 is 15.1 Å². The molecular weight excluding hydrogens is 292 g/mol. The normalized spacial score (nSPS) is 10.4. The van der Waals surface area contributed by atoms with Crippen LogP contribution in [0.1, 0.15) is 17.0 Å². The molecule has 0 atom stereocenters. The van der Waals surface area contributed by atoms with E-state index in [4.69, 9.17) is 4.42 Å². The van der Waals surface area contributed by atoms with E-state index in [0.29, 0.717) is 25.4 Å². The predicted octanol–water partition coefficient (Wildman–Crippen LogP) is 2.52. The molecule has 6 nitrogen and oxygen atoms in total. The summed E-state index contributed by atoms with van der Waals surface area (Å²) in [5, 5.41) is 9.94. The van der Waals surface area contributed by atoms with E-state index >= 15 is 0 Å². The number of furan rings is 1. The van der Waals surface area contributed by atoms with E-state index in [-0.39, 0.29) is 6.03 Å². The van der Waals surface area contributed by atoms with Crippen molar-refractivity contribution < 1.29 is 9.21 Å². The Kier molecular flexibility index (Phi) is 4.73. The van der Waals surface area contributed by atoms with Gasteiger partial charge in [0.1, 0.15) is 5.76 Å². The summed E-state index contributed by atoms with van der Waals surface area (Å²) >= 11 is 0. The average molecular weight is 310 g/mol. The first kappa shape index (κ1) is 14.9. The molecule has 0 unspecified atom stereocenters. The Hall–Kier alpha value is -3.02. The van der Waals surface area contributed by atoms with E-state index < -0.39 is 0 Å². The van der Waals surface area contributed by atoms with E-state index in [2.05, 4.69) is 27.9 Å². The first-order valence-corrected chi connectivity index (χ1v) is 7.40. The van der Waals surface area contributed by atoms with E-state index in [1.165, 1.54) is 5.56 Å². The summed E-state index contributed by atoms with van der Waals surface area (Å²) in [7, 11) is 0. The fraction of sp³-hybridized carbons (Fsp3) is 0.176. The maximum Gasteiger partial charge on any atom is 0.315 e. The van der Waals surface area contributed by atoms with Crippen molar-refractivity contribution in [3.05, 3.63) is 78.0 Å². The molecule has 0 spiro atoms. The van der Waals surface area contributed by atoms with Crippen LogP contribution in [0.5, 0.6) is 0 Å². The summed E-state index contributed by atoms with van der Waals surface area (Å²) < 4.78 is 7.00. The molecule has 2 aromatic heterocycles. The van der Waals surface area contributed by atoms with Gasteiger partial charge in [-0.1, -0.05) is 30.3 Å². The Labute approximate surface area is 134 Å². The van der Waals surface area contributed by atoms with Crippen LogP contribution in [0.3, 0.4) is 0 Å². The third-order valence-electron chi connectivity index (χ3n) is 3.32. The number of nitrogens with one attached hydrogen (secondary N) is 2. The van der Waals surface area contributed by atoms with Gasteiger partial charge in [-0.25, -0.2) is 4.79 Å². The molecule has 2 amide bonds. The smallest absolute Gasteiger partial charge is 0.315 e. The van der Waals surface area contributed by atoms with E-state index in [9.17, 15) is 4.79 Å². The maximum absolute atomic E-state index is 11.7. The SMILES string of the molecule is O=C(NCc1ccn(Cc2ccccc2)n1)NCc1ccco1. The van der Waals surface area contributed by atoms with Crippen LogP contribution in [0, 0.1) is 0 Å². The van der Waals surface area contributed by atoms with Gasteiger partial charge in [0.15, 0.2) is 0 Å². The minimum absolute atomic E-state index is 0.251. The molecule has 0 saturated carbocycles. The highest BCUT2D eigenvalue weighted by Gasteiger charge is 2.04. The summed E-state index contributed by atoms with van der Waals surface area (Å²) in [6.45, 7) is 1.46. The number of amides is 2. The van der Waals surface area contributed by atoms with Gasteiger partial charge in [0.2, 0.25) is 0 Å². The Bertz CT molecular complexity index is 735. The van der Waals surface area contributed by atoms with Crippen molar-refractivity contribution >= 4 is 6.03 Å². The Balaban J connectivity index is 1.44. The highest BCUT2D eigenvalue weighted by molar-refractivity contribution is 5.73. The van der Waals surface area contributed by atoms with Gasteiger partial charge in [-0.3, -0.25) is 4.68 Å². The third kappa shape index (κ3) is 4.47. The molecule has 0 saturated heterocycles. The number of hydrogen-bond acceptors (Lipinski definition) is 3. The van der Waals surface area contributed by atoms with Gasteiger partial charge in [0.05, 0.1) is 31.6 Å². The van der Waals surface area contributed by atoms with Crippen LogP contribution in [-0.4, -0.2) is 15.8 Å². The van der Waals surface area contributed by atoms with Crippen LogP contribution in [0.25, 0.3) is 0 Å². The second-order valence-electron chi connectivity index (χ2n) is 5.11. The van der Waals surface area contributed by atoms with Gasteiger partial charge in [-0.15, -0.1) is 0 Å². The predicted molar refractivity (Wildman–Crippen MR) is 85.6 cm³/mol. The van der Waals surface area contributed by atoms with Crippen molar-refractivity contribution in [2.45, 2.75) is 19.6 Å². The van der Waals surface area contributed by atoms with Crippen molar-refractivity contribution in [3.63, 3.8) is 0 Å². The van der Waals surface area contributed by atoms with Crippen LogP contribution in [0.4, 0.5) is 4.79 Å². The Morgan fingerprint density at radius 1 is 1.04 bits per heavy atom. The first-order chi connectivity index (χ1) is 11.3. The molecule has 6 heteroatoms. The van der Waals surface area contributed by atoms with E-state index in [1.807, 2.05) is 41.2 Å². The number of benzene rings is 1. The zero-order chi connectivity index (χ0) is 15.9. The van der Waals surface area contributed by atoms with Gasteiger partial charge in [-0.05, 0) is 23.8 Å². The summed E-state index contributed by atoms with van der Waals surface area (Å²) in [6.07, 6.45) is 3.49. The molecule has 0 aliphatic rings. The molecule has 2 N–H and O–H groups in total. The van der Waals surface area contributed by atoms with Crippen LogP contribution in [-0.2, 0) is 19.6 Å². The van der Waals surface area contributed by atoms with Crippen molar-refractivity contribution in [1.29, 1.82) is 0 Å². The lowest BCUT2D eigenvalue weighted by atomic mass is 10.2. The van der Waals surface area contributed by atoms with Gasteiger partial charge >= 0.3 is 6.03 Å². The highest BCUT2D eigenvalue weighted by Crippen LogP contribution is 2.03. The lowest BCUT2D eigenvalue weighted by Gasteiger charge is -2.05. The van der Waals surface area contributed by atoms with Crippen molar-refractivity contribution in [2.75, 3.05) is 0 Å². The molecular formula is C17H18N4O2. The van der Waals surface area contributed by atoms with Crippen LogP contribution >= 0.6 is 0 Å². The van der Waals surface area contributed by atoms with E-state index in [1.54, 1.807) is 12.3 Å². The minimum Gasteiger partial charge on any atom is -0.467 e. The second kappa shape index (κ2) is 7.31. The molecule has 0 fully saturated rings. The largest absolute Gasteiger partial charge is 0.467 e. The molecule has 23 heavy (non-hydrogen) atoms. The maximum atomic E-state index is 11.7. The highest BCUT2D eigenvalue weighted by atomic mass is 16.3. The third-order valence-corrected chi connectivity index (χ3v) is 3.32. The lowest BCUT2D eigenvalue weighted by Crippen LogP contribution is -2.34. The molecule has 118 valence electrons. The van der Waals surface area contributed by atoms with Crippen LogP contribution in [0.2, 0.25) is 0 Å². The Morgan fingerprint density at radius 3 is 2.65 bits per heavy atom. The quantitative estimate of drug-likeness (QED) is 0.735. The van der Waals surface area contributed by atoms with Gasteiger partial charge in [-0.2, -0.15) is 5.10 Å². The number of carbonyl (C=O) groups is 1. The number of aromatic nitrogens is 2. The molecule has 0 aliphatic heterocycles. The molecule has 2 heterocycles. The van der Waals surface area contributed by atoms with Crippen molar-refractivity contribution in [2.24, 2.45) is 0 Å². The number of carbonyl (C=O) groups excluding carboxylic acids is 1. The van der Waals surface area contributed by atoms with Gasteiger partial charge in [0.25, 0.3) is 0 Å². The van der Waals surface area contributed by atoms with E-state index in [0.717, 1.165) is 5.69 Å². The first-order valence-electron chi connectivity index (χ1n) is 7.40. The second-order valence-corrected chi connectivity index (χ2v) is 5.11. The Morgan fingerprint density at radius 2 is 1.87 bits per heavy atom. The topological polar surface area (TPSA) is 72.1 Å². The molecule has 3 rings (SSSR count). The zero-order valence-corrected chi connectivity index (χ0v) is 12.6. The number of urea groups is 1. The van der Waals surface area contributed by atoms with Crippen molar-refractivity contribution in [3.8, 4) is 0 Å². The molecule has 0 aliphatic carbocycles. The fourth-order valence-electron chi connectivity index (χ4n) is 2.17. The minimum atomic E-state index is -0.251. The average Bonchev–Trinajstić information content (AvgIpc) is 3.24. The molecule has 1 aromatic carbocycles. The monoisotopic (exact) mass is 310 g/mol.